The summed E-state index contributed by atoms with van der Waals surface area (Å²) < 4.78 is 5.24. The van der Waals surface area contributed by atoms with Crippen LogP contribution in [-0.2, 0) is 4.74 Å². The van der Waals surface area contributed by atoms with Gasteiger partial charge in [-0.2, -0.15) is 0 Å². The van der Waals surface area contributed by atoms with E-state index in [0.29, 0.717) is 12.1 Å². The van der Waals surface area contributed by atoms with E-state index in [-0.39, 0.29) is 0 Å². The van der Waals surface area contributed by atoms with Crippen molar-refractivity contribution < 1.29 is 4.74 Å². The molecule has 1 saturated heterocycles. The van der Waals surface area contributed by atoms with Crippen molar-refractivity contribution in [3.05, 3.63) is 0 Å². The van der Waals surface area contributed by atoms with Crippen LogP contribution in [0.3, 0.4) is 0 Å². The minimum atomic E-state index is 0.369. The van der Waals surface area contributed by atoms with E-state index in [1.165, 1.54) is 0 Å². The van der Waals surface area contributed by atoms with Gasteiger partial charge in [-0.1, -0.05) is 0 Å². The first-order valence-corrected chi connectivity index (χ1v) is 3.32. The lowest BCUT2D eigenvalue weighted by Crippen LogP contribution is -2.53. The minimum absolute atomic E-state index is 0.369. The molecule has 0 spiro atoms. The molecule has 54 valence electrons. The van der Waals surface area contributed by atoms with Gasteiger partial charge in [0.25, 0.3) is 0 Å². The van der Waals surface area contributed by atoms with E-state index in [2.05, 4.69) is 13.8 Å². The smallest absolute Gasteiger partial charge is 0.0633 e. The van der Waals surface area contributed by atoms with Gasteiger partial charge in [-0.3, -0.25) is 5.84 Å². The molecule has 0 aromatic heterocycles. The molecule has 0 aliphatic carbocycles. The molecule has 3 heteroatoms. The lowest BCUT2D eigenvalue weighted by molar-refractivity contribution is -0.0372. The van der Waals surface area contributed by atoms with Crippen molar-refractivity contribution in [1.29, 1.82) is 0 Å². The molecule has 2 N–H and O–H groups in total. The van der Waals surface area contributed by atoms with Gasteiger partial charge in [-0.25, -0.2) is 5.01 Å². The van der Waals surface area contributed by atoms with E-state index in [1.807, 2.05) is 5.01 Å². The van der Waals surface area contributed by atoms with Gasteiger partial charge in [-0.15, -0.1) is 0 Å². The quantitative estimate of drug-likeness (QED) is 0.468. The molecule has 0 bridgehead atoms. The Morgan fingerprint density at radius 3 is 2.11 bits per heavy atom. The Morgan fingerprint density at radius 1 is 1.33 bits per heavy atom. The topological polar surface area (TPSA) is 38.5 Å². The highest BCUT2D eigenvalue weighted by atomic mass is 16.5. The summed E-state index contributed by atoms with van der Waals surface area (Å²) in [7, 11) is 0. The van der Waals surface area contributed by atoms with Gasteiger partial charge < -0.3 is 4.74 Å². The predicted molar refractivity (Wildman–Crippen MR) is 35.8 cm³/mol. The average Bonchev–Trinajstić information content (AvgIpc) is 1.83. The third-order valence-corrected chi connectivity index (χ3v) is 1.74. The lowest BCUT2D eigenvalue weighted by Gasteiger charge is -2.34. The van der Waals surface area contributed by atoms with Crippen molar-refractivity contribution in [3.8, 4) is 0 Å². The average molecular weight is 130 g/mol. The summed E-state index contributed by atoms with van der Waals surface area (Å²) in [5.74, 6) is 5.68. The summed E-state index contributed by atoms with van der Waals surface area (Å²) in [5.41, 5.74) is 0. The number of morpholine rings is 1. The fourth-order valence-electron chi connectivity index (χ4n) is 1.02. The normalized spacial score (nSPS) is 39.0. The van der Waals surface area contributed by atoms with Gasteiger partial charge in [0, 0.05) is 12.1 Å². The van der Waals surface area contributed by atoms with Gasteiger partial charge >= 0.3 is 0 Å². The van der Waals surface area contributed by atoms with Crippen LogP contribution in [0.15, 0.2) is 0 Å². The highest BCUT2D eigenvalue weighted by Crippen LogP contribution is 2.06. The fraction of sp³-hybridized carbons (Fsp3) is 1.00. The van der Waals surface area contributed by atoms with Gasteiger partial charge in [0.05, 0.1) is 13.2 Å². The molecule has 9 heavy (non-hydrogen) atoms. The Kier molecular flexibility index (Phi) is 2.05. The second-order valence-electron chi connectivity index (χ2n) is 2.68. The number of hydrogen-bond acceptors (Lipinski definition) is 3. The maximum atomic E-state index is 5.68. The van der Waals surface area contributed by atoms with Crippen molar-refractivity contribution in [2.24, 2.45) is 5.84 Å². The first-order chi connectivity index (χ1) is 4.22. The predicted octanol–water partition coefficient (Wildman–Crippen LogP) is -0.0307. The standard InChI is InChI=1S/C6H14N2O/c1-5-3-9-4-6(2)8(5)7/h5-6H,3-4,7H2,1-2H3/t5-,6-/m0/s1. The zero-order valence-corrected chi connectivity index (χ0v) is 6.00. The van der Waals surface area contributed by atoms with Crippen LogP contribution < -0.4 is 5.84 Å². The highest BCUT2D eigenvalue weighted by Gasteiger charge is 2.21. The molecular weight excluding hydrogens is 116 g/mol. The summed E-state index contributed by atoms with van der Waals surface area (Å²) in [4.78, 5) is 0. The molecule has 0 aromatic rings. The molecule has 0 amide bonds. The number of nitrogens with two attached hydrogens (primary N) is 1. The maximum absolute atomic E-state index is 5.68. The summed E-state index contributed by atoms with van der Waals surface area (Å²) in [6.07, 6.45) is 0. The third kappa shape index (κ3) is 1.41. The van der Waals surface area contributed by atoms with Crippen molar-refractivity contribution in [1.82, 2.24) is 5.01 Å². The Hall–Kier alpha value is -0.120. The molecule has 1 fully saturated rings. The van der Waals surface area contributed by atoms with Crippen molar-refractivity contribution in [2.75, 3.05) is 13.2 Å². The summed E-state index contributed by atoms with van der Waals surface area (Å²) in [5, 5.41) is 1.85. The second kappa shape index (κ2) is 2.64. The largest absolute Gasteiger partial charge is 0.378 e. The molecule has 0 saturated carbocycles. The zero-order valence-electron chi connectivity index (χ0n) is 6.00. The first kappa shape index (κ1) is 6.99. The van der Waals surface area contributed by atoms with Crippen LogP contribution in [0, 0.1) is 0 Å². The van der Waals surface area contributed by atoms with Crippen LogP contribution >= 0.6 is 0 Å². The van der Waals surface area contributed by atoms with Crippen molar-refractivity contribution in [2.45, 2.75) is 25.9 Å². The van der Waals surface area contributed by atoms with E-state index >= 15 is 0 Å². The Morgan fingerprint density at radius 2 is 1.78 bits per heavy atom. The van der Waals surface area contributed by atoms with Crippen molar-refractivity contribution >= 4 is 0 Å². The number of hydrazine groups is 1. The maximum Gasteiger partial charge on any atom is 0.0633 e. The molecule has 2 atom stereocenters. The van der Waals surface area contributed by atoms with Crippen molar-refractivity contribution in [3.63, 3.8) is 0 Å². The number of rotatable bonds is 0. The minimum Gasteiger partial charge on any atom is -0.378 e. The van der Waals surface area contributed by atoms with E-state index in [1.54, 1.807) is 0 Å². The molecule has 3 nitrogen and oxygen atoms in total. The molecule has 1 aliphatic rings. The zero-order chi connectivity index (χ0) is 6.85. The third-order valence-electron chi connectivity index (χ3n) is 1.74. The Balaban J connectivity index is 2.41. The van der Waals surface area contributed by atoms with Crippen LogP contribution in [0.2, 0.25) is 0 Å². The highest BCUT2D eigenvalue weighted by molar-refractivity contribution is 4.71. The molecule has 0 radical (unpaired) electrons. The number of nitrogens with zero attached hydrogens (tertiary/aromatic N) is 1. The fourth-order valence-corrected chi connectivity index (χ4v) is 1.02. The SMILES string of the molecule is C[C@H]1COC[C@H](C)N1N. The van der Waals surface area contributed by atoms with Crippen LogP contribution in [0.1, 0.15) is 13.8 Å². The first-order valence-electron chi connectivity index (χ1n) is 3.32. The van der Waals surface area contributed by atoms with Crippen LogP contribution in [-0.4, -0.2) is 30.3 Å². The van der Waals surface area contributed by atoms with E-state index < -0.39 is 0 Å². The lowest BCUT2D eigenvalue weighted by atomic mass is 10.2. The summed E-state index contributed by atoms with van der Waals surface area (Å²) >= 11 is 0. The molecule has 0 unspecified atom stereocenters. The Bertz CT molecular complexity index is 87.1. The molecule has 0 aromatic carbocycles. The monoisotopic (exact) mass is 130 g/mol. The molecule has 1 aliphatic heterocycles. The van der Waals surface area contributed by atoms with Crippen LogP contribution in [0.25, 0.3) is 0 Å². The van der Waals surface area contributed by atoms with Crippen LogP contribution in [0.4, 0.5) is 0 Å². The number of ether oxygens (including phenoxy) is 1. The molecule has 1 heterocycles. The van der Waals surface area contributed by atoms with E-state index in [0.717, 1.165) is 13.2 Å². The second-order valence-corrected chi connectivity index (χ2v) is 2.68. The van der Waals surface area contributed by atoms with Gasteiger partial charge in [0.1, 0.15) is 0 Å². The molecule has 1 rings (SSSR count). The van der Waals surface area contributed by atoms with Crippen LogP contribution in [0.5, 0.6) is 0 Å². The van der Waals surface area contributed by atoms with Gasteiger partial charge in [-0.05, 0) is 13.8 Å². The molecular formula is C6H14N2O. The summed E-state index contributed by atoms with van der Waals surface area (Å²) in [6.45, 7) is 5.66. The van der Waals surface area contributed by atoms with Gasteiger partial charge in [0.15, 0.2) is 0 Å². The van der Waals surface area contributed by atoms with Gasteiger partial charge in [0.2, 0.25) is 0 Å². The number of hydrogen-bond donors (Lipinski definition) is 1. The van der Waals surface area contributed by atoms with E-state index in [9.17, 15) is 0 Å². The van der Waals surface area contributed by atoms with E-state index in [4.69, 9.17) is 10.6 Å². The summed E-state index contributed by atoms with van der Waals surface area (Å²) in [6, 6.07) is 0.738. The Labute approximate surface area is 55.7 Å².